The first-order valence-corrected chi connectivity index (χ1v) is 6.98. The van der Waals surface area contributed by atoms with E-state index in [1.807, 2.05) is 48.4 Å². The second-order valence-electron chi connectivity index (χ2n) is 5.30. The van der Waals surface area contributed by atoms with Crippen LogP contribution in [0.15, 0.2) is 36.5 Å². The molecule has 0 spiro atoms. The molecule has 2 aromatic rings. The van der Waals surface area contributed by atoms with Gasteiger partial charge in [0.15, 0.2) is 0 Å². The summed E-state index contributed by atoms with van der Waals surface area (Å²) in [4.78, 5) is 18.0. The van der Waals surface area contributed by atoms with E-state index in [4.69, 9.17) is 5.73 Å². The number of nitrogens with zero attached hydrogens (tertiary/aromatic N) is 1. The summed E-state index contributed by atoms with van der Waals surface area (Å²) in [6, 6.07) is 9.70. The van der Waals surface area contributed by atoms with Crippen molar-refractivity contribution in [3.05, 3.63) is 53.3 Å². The number of amides is 1. The largest absolute Gasteiger partial charge is 0.398 e. The first kappa shape index (κ1) is 12.8. The first-order chi connectivity index (χ1) is 9.68. The lowest BCUT2D eigenvalue weighted by Gasteiger charge is -2.25. The van der Waals surface area contributed by atoms with Crippen molar-refractivity contribution in [2.24, 2.45) is 0 Å². The fourth-order valence-corrected chi connectivity index (χ4v) is 2.92. The van der Waals surface area contributed by atoms with Gasteiger partial charge in [-0.1, -0.05) is 6.07 Å². The highest BCUT2D eigenvalue weighted by Crippen LogP contribution is 2.33. The van der Waals surface area contributed by atoms with E-state index in [2.05, 4.69) is 4.98 Å². The van der Waals surface area contributed by atoms with Crippen molar-refractivity contribution < 1.29 is 4.79 Å². The zero-order valence-corrected chi connectivity index (χ0v) is 11.6. The SMILES string of the molecule is Cc1c(N)cccc1C(=O)N1CCCC1c1ccc[nH]1. The number of carbonyl (C=O) groups excluding carboxylic acids is 1. The highest BCUT2D eigenvalue weighted by atomic mass is 16.2. The van der Waals surface area contributed by atoms with Crippen LogP contribution in [-0.2, 0) is 0 Å². The molecular weight excluding hydrogens is 250 g/mol. The minimum absolute atomic E-state index is 0.0758. The first-order valence-electron chi connectivity index (χ1n) is 6.98. The molecule has 104 valence electrons. The van der Waals surface area contributed by atoms with Crippen LogP contribution in [-0.4, -0.2) is 22.3 Å². The van der Waals surface area contributed by atoms with Crippen molar-refractivity contribution in [1.82, 2.24) is 9.88 Å². The number of aromatic nitrogens is 1. The van der Waals surface area contributed by atoms with Crippen molar-refractivity contribution in [3.8, 4) is 0 Å². The monoisotopic (exact) mass is 269 g/mol. The Kier molecular flexibility index (Phi) is 3.22. The number of nitrogens with one attached hydrogen (secondary N) is 1. The average molecular weight is 269 g/mol. The van der Waals surface area contributed by atoms with Gasteiger partial charge in [-0.3, -0.25) is 4.79 Å². The lowest BCUT2D eigenvalue weighted by molar-refractivity contribution is 0.0732. The van der Waals surface area contributed by atoms with Crippen molar-refractivity contribution in [3.63, 3.8) is 0 Å². The Morgan fingerprint density at radius 1 is 1.35 bits per heavy atom. The number of anilines is 1. The van der Waals surface area contributed by atoms with Crippen LogP contribution in [0.4, 0.5) is 5.69 Å². The third-order valence-electron chi connectivity index (χ3n) is 4.10. The van der Waals surface area contributed by atoms with Crippen molar-refractivity contribution >= 4 is 11.6 Å². The Hall–Kier alpha value is -2.23. The average Bonchev–Trinajstić information content (AvgIpc) is 3.10. The molecule has 0 radical (unpaired) electrons. The number of carbonyl (C=O) groups is 1. The topological polar surface area (TPSA) is 62.1 Å². The van der Waals surface area contributed by atoms with Crippen molar-refractivity contribution in [2.45, 2.75) is 25.8 Å². The van der Waals surface area contributed by atoms with Gasteiger partial charge in [0.1, 0.15) is 0 Å². The fraction of sp³-hybridized carbons (Fsp3) is 0.312. The molecule has 1 aliphatic rings. The molecule has 1 aromatic heterocycles. The molecule has 2 heterocycles. The fourth-order valence-electron chi connectivity index (χ4n) is 2.92. The number of benzene rings is 1. The number of rotatable bonds is 2. The van der Waals surface area contributed by atoms with Crippen LogP contribution in [0.2, 0.25) is 0 Å². The minimum atomic E-state index is 0.0758. The Morgan fingerprint density at radius 2 is 2.20 bits per heavy atom. The van der Waals surface area contributed by atoms with E-state index in [0.29, 0.717) is 11.3 Å². The smallest absolute Gasteiger partial charge is 0.254 e. The van der Waals surface area contributed by atoms with Crippen LogP contribution in [0, 0.1) is 6.92 Å². The van der Waals surface area contributed by atoms with E-state index in [-0.39, 0.29) is 11.9 Å². The highest BCUT2D eigenvalue weighted by molar-refractivity contribution is 5.97. The molecule has 1 fully saturated rings. The third-order valence-corrected chi connectivity index (χ3v) is 4.10. The van der Waals surface area contributed by atoms with Crippen molar-refractivity contribution in [2.75, 3.05) is 12.3 Å². The normalized spacial score (nSPS) is 18.4. The maximum atomic E-state index is 12.8. The van der Waals surface area contributed by atoms with Crippen LogP contribution < -0.4 is 5.73 Å². The van der Waals surface area contributed by atoms with Crippen LogP contribution in [0.1, 0.15) is 40.5 Å². The minimum Gasteiger partial charge on any atom is -0.398 e. The standard InChI is InChI=1S/C16H19N3O/c1-11-12(5-2-6-13(11)17)16(20)19-10-4-8-15(19)14-7-3-9-18-14/h2-3,5-7,9,15,18H,4,8,10,17H2,1H3. The Balaban J connectivity index is 1.92. The second-order valence-corrected chi connectivity index (χ2v) is 5.30. The summed E-state index contributed by atoms with van der Waals surface area (Å²) in [5, 5.41) is 0. The summed E-state index contributed by atoms with van der Waals surface area (Å²) in [5.74, 6) is 0.0758. The quantitative estimate of drug-likeness (QED) is 0.823. The van der Waals surface area contributed by atoms with Gasteiger partial charge < -0.3 is 15.6 Å². The summed E-state index contributed by atoms with van der Waals surface area (Å²) in [6.45, 7) is 2.71. The number of hydrogen-bond acceptors (Lipinski definition) is 2. The van der Waals surface area contributed by atoms with E-state index in [9.17, 15) is 4.79 Å². The molecule has 0 saturated carbocycles. The van der Waals surface area contributed by atoms with E-state index in [1.165, 1.54) is 0 Å². The molecule has 1 saturated heterocycles. The lowest BCUT2D eigenvalue weighted by Crippen LogP contribution is -2.31. The van der Waals surface area contributed by atoms with Crippen LogP contribution in [0.3, 0.4) is 0 Å². The van der Waals surface area contributed by atoms with Crippen LogP contribution >= 0.6 is 0 Å². The molecule has 1 atom stereocenters. The number of aromatic amines is 1. The van der Waals surface area contributed by atoms with Gasteiger partial charge in [-0.15, -0.1) is 0 Å². The van der Waals surface area contributed by atoms with Gasteiger partial charge in [0.25, 0.3) is 5.91 Å². The van der Waals surface area contributed by atoms with E-state index < -0.39 is 0 Å². The number of nitrogens with two attached hydrogens (primary N) is 1. The maximum absolute atomic E-state index is 12.8. The predicted octanol–water partition coefficient (Wildman–Crippen LogP) is 2.88. The molecule has 3 rings (SSSR count). The van der Waals surface area contributed by atoms with Gasteiger partial charge in [-0.25, -0.2) is 0 Å². The highest BCUT2D eigenvalue weighted by Gasteiger charge is 2.31. The van der Waals surface area contributed by atoms with Gasteiger partial charge in [-0.2, -0.15) is 0 Å². The summed E-state index contributed by atoms with van der Waals surface area (Å²) in [6.07, 6.45) is 3.95. The second kappa shape index (κ2) is 5.04. The Labute approximate surface area is 118 Å². The van der Waals surface area contributed by atoms with Gasteiger partial charge in [0.2, 0.25) is 0 Å². The summed E-state index contributed by atoms with van der Waals surface area (Å²) < 4.78 is 0. The molecule has 1 aliphatic heterocycles. The molecule has 4 heteroatoms. The number of H-pyrrole nitrogens is 1. The molecule has 0 bridgehead atoms. The predicted molar refractivity (Wildman–Crippen MR) is 79.4 cm³/mol. The van der Waals surface area contributed by atoms with Gasteiger partial charge in [-0.05, 0) is 49.6 Å². The van der Waals surface area contributed by atoms with E-state index >= 15 is 0 Å². The molecule has 0 aliphatic carbocycles. The molecule has 20 heavy (non-hydrogen) atoms. The lowest BCUT2D eigenvalue weighted by atomic mass is 10.0. The molecule has 1 aromatic carbocycles. The van der Waals surface area contributed by atoms with Crippen LogP contribution in [0.5, 0.6) is 0 Å². The van der Waals surface area contributed by atoms with Crippen LogP contribution in [0.25, 0.3) is 0 Å². The number of hydrogen-bond donors (Lipinski definition) is 2. The number of likely N-dealkylation sites (tertiary alicyclic amines) is 1. The molecule has 1 unspecified atom stereocenters. The zero-order valence-electron chi connectivity index (χ0n) is 11.6. The summed E-state index contributed by atoms with van der Waals surface area (Å²) in [7, 11) is 0. The molecular formula is C16H19N3O. The molecule has 3 N–H and O–H groups in total. The van der Waals surface area contributed by atoms with Gasteiger partial charge in [0.05, 0.1) is 6.04 Å². The molecule has 1 amide bonds. The van der Waals surface area contributed by atoms with E-state index in [1.54, 1.807) is 0 Å². The Bertz CT molecular complexity index is 619. The van der Waals surface area contributed by atoms with E-state index in [0.717, 1.165) is 30.6 Å². The zero-order chi connectivity index (χ0) is 14.1. The van der Waals surface area contributed by atoms with Gasteiger partial charge in [0, 0.05) is 29.7 Å². The van der Waals surface area contributed by atoms with Gasteiger partial charge >= 0.3 is 0 Å². The van der Waals surface area contributed by atoms with Crippen molar-refractivity contribution in [1.29, 1.82) is 0 Å². The molecule has 4 nitrogen and oxygen atoms in total. The third kappa shape index (κ3) is 2.07. The summed E-state index contributed by atoms with van der Waals surface area (Å²) >= 11 is 0. The summed E-state index contributed by atoms with van der Waals surface area (Å²) in [5.41, 5.74) is 9.27. The number of nitrogen functional groups attached to an aromatic ring is 1. The maximum Gasteiger partial charge on any atom is 0.254 e. The Morgan fingerprint density at radius 3 is 2.95 bits per heavy atom.